The second-order valence-electron chi connectivity index (χ2n) is 3.56. The minimum Gasteiger partial charge on any atom is -0.396 e. The maximum atomic E-state index is 12.3. The number of aliphatic hydroxyl groups is 1. The van der Waals surface area contributed by atoms with E-state index >= 15 is 0 Å². The molecule has 0 bridgehead atoms. The molecule has 1 heterocycles. The lowest BCUT2D eigenvalue weighted by Gasteiger charge is -2.21. The summed E-state index contributed by atoms with van der Waals surface area (Å²) in [5, 5.41) is 8.71. The topological polar surface area (TPSA) is 36.4 Å². The fourth-order valence-electron chi connectivity index (χ4n) is 1.44. The molecule has 6 heteroatoms. The maximum absolute atomic E-state index is 12.3. The van der Waals surface area contributed by atoms with Crippen molar-refractivity contribution in [3.05, 3.63) is 23.9 Å². The summed E-state index contributed by atoms with van der Waals surface area (Å²) in [5.41, 5.74) is -0.750. The van der Waals surface area contributed by atoms with Crippen LogP contribution < -0.4 is 4.90 Å². The third-order valence-electron chi connectivity index (χ3n) is 2.37. The number of rotatable bonds is 5. The van der Waals surface area contributed by atoms with Crippen LogP contribution in [0.15, 0.2) is 18.3 Å². The zero-order chi connectivity index (χ0) is 12.9. The second kappa shape index (κ2) is 5.86. The molecule has 96 valence electrons. The number of hydrogen-bond donors (Lipinski definition) is 1. The molecular formula is C11H15F3N2O. The van der Waals surface area contributed by atoms with Gasteiger partial charge >= 0.3 is 6.18 Å². The SMILES string of the molecule is CCN(CCCO)c1ccc(C(F)(F)F)cn1. The highest BCUT2D eigenvalue weighted by Crippen LogP contribution is 2.29. The normalized spacial score (nSPS) is 11.6. The van der Waals surface area contributed by atoms with E-state index in [0.717, 1.165) is 12.3 Å². The molecule has 0 aliphatic carbocycles. The number of halogens is 3. The van der Waals surface area contributed by atoms with Crippen molar-refractivity contribution in [1.29, 1.82) is 0 Å². The van der Waals surface area contributed by atoms with Gasteiger partial charge in [-0.05, 0) is 25.5 Å². The lowest BCUT2D eigenvalue weighted by atomic mass is 10.2. The van der Waals surface area contributed by atoms with Crippen LogP contribution >= 0.6 is 0 Å². The van der Waals surface area contributed by atoms with Gasteiger partial charge in [0.2, 0.25) is 0 Å². The Bertz CT molecular complexity index is 338. The molecule has 0 atom stereocenters. The molecule has 1 aromatic rings. The van der Waals surface area contributed by atoms with Crippen LogP contribution in [0.5, 0.6) is 0 Å². The molecule has 1 aromatic heterocycles. The van der Waals surface area contributed by atoms with Crippen molar-refractivity contribution in [2.75, 3.05) is 24.6 Å². The van der Waals surface area contributed by atoms with Crippen molar-refractivity contribution in [3.63, 3.8) is 0 Å². The number of nitrogens with zero attached hydrogens (tertiary/aromatic N) is 2. The molecule has 0 unspecified atom stereocenters. The van der Waals surface area contributed by atoms with E-state index in [1.807, 2.05) is 11.8 Å². The van der Waals surface area contributed by atoms with E-state index in [9.17, 15) is 13.2 Å². The molecule has 0 saturated heterocycles. The van der Waals surface area contributed by atoms with Crippen LogP contribution in [0.2, 0.25) is 0 Å². The quantitative estimate of drug-likeness (QED) is 0.868. The van der Waals surface area contributed by atoms with Crippen LogP contribution in [0.25, 0.3) is 0 Å². The molecule has 0 spiro atoms. The van der Waals surface area contributed by atoms with Crippen molar-refractivity contribution < 1.29 is 18.3 Å². The van der Waals surface area contributed by atoms with Crippen LogP contribution in [-0.4, -0.2) is 29.8 Å². The van der Waals surface area contributed by atoms with Crippen molar-refractivity contribution in [2.45, 2.75) is 19.5 Å². The summed E-state index contributed by atoms with van der Waals surface area (Å²) < 4.78 is 37.0. The standard InChI is InChI=1S/C11H15F3N2O/c1-2-16(6-3-7-17)10-5-4-9(8-15-10)11(12,13)14/h4-5,8,17H,2-3,6-7H2,1H3. The van der Waals surface area contributed by atoms with E-state index in [2.05, 4.69) is 4.98 Å². The van der Waals surface area contributed by atoms with Gasteiger partial charge < -0.3 is 10.0 Å². The van der Waals surface area contributed by atoms with Crippen molar-refractivity contribution in [2.24, 2.45) is 0 Å². The van der Waals surface area contributed by atoms with Crippen molar-refractivity contribution in [3.8, 4) is 0 Å². The first-order chi connectivity index (χ1) is 7.99. The zero-order valence-corrected chi connectivity index (χ0v) is 9.54. The summed E-state index contributed by atoms with van der Waals surface area (Å²) in [5.74, 6) is 0.494. The molecule has 0 saturated carbocycles. The van der Waals surface area contributed by atoms with E-state index in [-0.39, 0.29) is 6.61 Å². The molecule has 1 rings (SSSR count). The largest absolute Gasteiger partial charge is 0.417 e. The van der Waals surface area contributed by atoms with Crippen LogP contribution in [0.4, 0.5) is 19.0 Å². The van der Waals surface area contributed by atoms with Crippen LogP contribution in [0, 0.1) is 0 Å². The predicted octanol–water partition coefficient (Wildman–Crippen LogP) is 2.31. The van der Waals surface area contributed by atoms with E-state index in [1.54, 1.807) is 0 Å². The summed E-state index contributed by atoms with van der Waals surface area (Å²) in [6, 6.07) is 2.37. The molecule has 0 aliphatic rings. The number of hydrogen-bond acceptors (Lipinski definition) is 3. The highest BCUT2D eigenvalue weighted by molar-refractivity contribution is 5.39. The molecular weight excluding hydrogens is 233 g/mol. The molecule has 0 aromatic carbocycles. The number of aliphatic hydroxyl groups excluding tert-OH is 1. The minimum atomic E-state index is -4.35. The molecule has 1 N–H and O–H groups in total. The van der Waals surface area contributed by atoms with Gasteiger partial charge in [-0.1, -0.05) is 0 Å². The highest BCUT2D eigenvalue weighted by Gasteiger charge is 2.30. The lowest BCUT2D eigenvalue weighted by Crippen LogP contribution is -2.25. The van der Waals surface area contributed by atoms with Gasteiger partial charge in [0.1, 0.15) is 5.82 Å². The molecule has 3 nitrogen and oxygen atoms in total. The van der Waals surface area contributed by atoms with Crippen LogP contribution in [-0.2, 0) is 6.18 Å². The van der Waals surface area contributed by atoms with Gasteiger partial charge in [-0.2, -0.15) is 13.2 Å². The fraction of sp³-hybridized carbons (Fsp3) is 0.545. The Kier molecular flexibility index (Phi) is 4.74. The summed E-state index contributed by atoms with van der Waals surface area (Å²) in [6.45, 7) is 3.15. The number of pyridine rings is 1. The van der Waals surface area contributed by atoms with Gasteiger partial charge in [-0.3, -0.25) is 0 Å². The maximum Gasteiger partial charge on any atom is 0.417 e. The average Bonchev–Trinajstić information content (AvgIpc) is 2.29. The van der Waals surface area contributed by atoms with Crippen molar-refractivity contribution in [1.82, 2.24) is 4.98 Å². The number of anilines is 1. The first-order valence-corrected chi connectivity index (χ1v) is 5.38. The third-order valence-corrected chi connectivity index (χ3v) is 2.37. The Labute approximate surface area is 97.9 Å². The number of alkyl halides is 3. The van der Waals surface area contributed by atoms with Gasteiger partial charge in [0.25, 0.3) is 0 Å². The minimum absolute atomic E-state index is 0.0527. The summed E-state index contributed by atoms with van der Waals surface area (Å²) in [4.78, 5) is 5.61. The van der Waals surface area contributed by atoms with E-state index in [4.69, 9.17) is 5.11 Å². The Morgan fingerprint density at radius 3 is 2.47 bits per heavy atom. The van der Waals surface area contributed by atoms with Gasteiger partial charge in [0.15, 0.2) is 0 Å². The highest BCUT2D eigenvalue weighted by atomic mass is 19.4. The van der Waals surface area contributed by atoms with E-state index in [1.165, 1.54) is 6.07 Å². The van der Waals surface area contributed by atoms with Gasteiger partial charge in [-0.15, -0.1) is 0 Å². The molecule has 17 heavy (non-hydrogen) atoms. The smallest absolute Gasteiger partial charge is 0.396 e. The monoisotopic (exact) mass is 248 g/mol. The molecule has 0 aliphatic heterocycles. The zero-order valence-electron chi connectivity index (χ0n) is 9.54. The van der Waals surface area contributed by atoms with E-state index in [0.29, 0.717) is 25.3 Å². The average molecular weight is 248 g/mol. The number of aromatic nitrogens is 1. The first-order valence-electron chi connectivity index (χ1n) is 5.38. The fourth-order valence-corrected chi connectivity index (χ4v) is 1.44. The molecule has 0 fully saturated rings. The van der Waals surface area contributed by atoms with Crippen LogP contribution in [0.3, 0.4) is 0 Å². The Morgan fingerprint density at radius 1 is 1.35 bits per heavy atom. The van der Waals surface area contributed by atoms with Crippen LogP contribution in [0.1, 0.15) is 18.9 Å². The van der Waals surface area contributed by atoms with E-state index < -0.39 is 11.7 Å². The molecule has 0 amide bonds. The third kappa shape index (κ3) is 3.89. The Morgan fingerprint density at radius 2 is 2.06 bits per heavy atom. The summed E-state index contributed by atoms with van der Waals surface area (Å²) in [6.07, 6.45) is -2.96. The second-order valence-corrected chi connectivity index (χ2v) is 3.56. The lowest BCUT2D eigenvalue weighted by molar-refractivity contribution is -0.137. The summed E-state index contributed by atoms with van der Waals surface area (Å²) >= 11 is 0. The summed E-state index contributed by atoms with van der Waals surface area (Å²) in [7, 11) is 0. The Balaban J connectivity index is 2.78. The van der Waals surface area contributed by atoms with Gasteiger partial charge in [-0.25, -0.2) is 4.98 Å². The van der Waals surface area contributed by atoms with Crippen molar-refractivity contribution >= 4 is 5.82 Å². The molecule has 0 radical (unpaired) electrons. The van der Waals surface area contributed by atoms with Gasteiger partial charge in [0, 0.05) is 25.9 Å². The first kappa shape index (κ1) is 13.8. The predicted molar refractivity (Wildman–Crippen MR) is 58.8 cm³/mol. The Hall–Kier alpha value is -1.30. The van der Waals surface area contributed by atoms with Gasteiger partial charge in [0.05, 0.1) is 5.56 Å².